The number of carboxylic acids is 1. The molecule has 2 aromatic carbocycles. The Morgan fingerprint density at radius 2 is 2.00 bits per heavy atom. The molecule has 0 atom stereocenters. The number of halogens is 1. The molecular formula is C20H16FN3O2S. The van der Waals surface area contributed by atoms with E-state index in [2.05, 4.69) is 4.98 Å². The van der Waals surface area contributed by atoms with Gasteiger partial charge >= 0.3 is 5.97 Å². The molecule has 3 N–H and O–H groups in total. The van der Waals surface area contributed by atoms with Crippen LogP contribution in [0.25, 0.3) is 21.5 Å². The number of fused-ring (bicyclic) bond motifs is 1. The lowest BCUT2D eigenvalue weighted by Crippen LogP contribution is -1.97. The summed E-state index contributed by atoms with van der Waals surface area (Å²) in [4.78, 5) is 15.9. The lowest BCUT2D eigenvalue weighted by molar-refractivity contribution is 0.0701. The minimum atomic E-state index is -0.970. The zero-order valence-electron chi connectivity index (χ0n) is 14.4. The number of thiazole rings is 1. The normalized spacial score (nSPS) is 11.2. The van der Waals surface area contributed by atoms with Crippen LogP contribution in [0.2, 0.25) is 0 Å². The number of aryl methyl sites for hydroxylation is 1. The number of benzene rings is 2. The maximum absolute atomic E-state index is 13.1. The monoisotopic (exact) mass is 381 g/mol. The highest BCUT2D eigenvalue weighted by Crippen LogP contribution is 2.33. The molecule has 0 amide bonds. The van der Waals surface area contributed by atoms with Crippen LogP contribution in [0.1, 0.15) is 20.9 Å². The van der Waals surface area contributed by atoms with Crippen molar-refractivity contribution in [1.82, 2.24) is 9.55 Å². The largest absolute Gasteiger partial charge is 0.477 e. The van der Waals surface area contributed by atoms with Crippen LogP contribution in [-0.4, -0.2) is 20.6 Å². The Hall–Kier alpha value is -3.19. The van der Waals surface area contributed by atoms with Crippen molar-refractivity contribution in [3.63, 3.8) is 0 Å². The van der Waals surface area contributed by atoms with Gasteiger partial charge in [0.25, 0.3) is 0 Å². The number of aromatic nitrogens is 2. The van der Waals surface area contributed by atoms with Crippen LogP contribution in [0.3, 0.4) is 0 Å². The second kappa shape index (κ2) is 6.51. The van der Waals surface area contributed by atoms with Gasteiger partial charge in [0.1, 0.15) is 15.7 Å². The number of aromatic carboxylic acids is 1. The topological polar surface area (TPSA) is 81.1 Å². The van der Waals surface area contributed by atoms with Crippen molar-refractivity contribution < 1.29 is 14.3 Å². The summed E-state index contributed by atoms with van der Waals surface area (Å²) in [6.07, 6.45) is 1.85. The number of nitrogen functional groups attached to an aromatic ring is 1. The number of anilines is 1. The highest BCUT2D eigenvalue weighted by Gasteiger charge is 2.16. The van der Waals surface area contributed by atoms with Gasteiger partial charge in [-0.1, -0.05) is 12.1 Å². The third-order valence-corrected chi connectivity index (χ3v) is 5.61. The Kier molecular flexibility index (Phi) is 4.16. The Morgan fingerprint density at radius 1 is 1.26 bits per heavy atom. The van der Waals surface area contributed by atoms with Crippen molar-refractivity contribution in [2.75, 3.05) is 5.73 Å². The lowest BCUT2D eigenvalue weighted by atomic mass is 10.1. The fourth-order valence-corrected chi connectivity index (χ4v) is 3.99. The van der Waals surface area contributed by atoms with Crippen molar-refractivity contribution in [2.24, 2.45) is 0 Å². The van der Waals surface area contributed by atoms with Crippen molar-refractivity contribution in [3.05, 3.63) is 70.6 Å². The van der Waals surface area contributed by atoms with Crippen LogP contribution in [0, 0.1) is 12.7 Å². The fourth-order valence-electron chi connectivity index (χ4n) is 3.09. The van der Waals surface area contributed by atoms with Gasteiger partial charge in [-0.3, -0.25) is 0 Å². The molecule has 5 nitrogen and oxygen atoms in total. The van der Waals surface area contributed by atoms with Gasteiger partial charge in [-0.25, -0.2) is 14.2 Å². The number of hydrogen-bond acceptors (Lipinski definition) is 4. The van der Waals surface area contributed by atoms with E-state index in [1.807, 2.05) is 29.0 Å². The zero-order chi connectivity index (χ0) is 19.1. The third kappa shape index (κ3) is 3.17. The summed E-state index contributed by atoms with van der Waals surface area (Å²) in [5.74, 6) is -1.23. The second-order valence-electron chi connectivity index (χ2n) is 6.31. The van der Waals surface area contributed by atoms with E-state index in [-0.39, 0.29) is 10.7 Å². The first-order chi connectivity index (χ1) is 12.9. The molecule has 2 aromatic heterocycles. The van der Waals surface area contributed by atoms with Gasteiger partial charge in [0.15, 0.2) is 0 Å². The van der Waals surface area contributed by atoms with Crippen molar-refractivity contribution in [1.29, 1.82) is 0 Å². The van der Waals surface area contributed by atoms with Crippen LogP contribution in [0.15, 0.2) is 48.7 Å². The summed E-state index contributed by atoms with van der Waals surface area (Å²) in [6, 6.07) is 12.2. The average molecular weight is 381 g/mol. The van der Waals surface area contributed by atoms with E-state index in [1.54, 1.807) is 19.1 Å². The van der Waals surface area contributed by atoms with Crippen LogP contribution >= 0.6 is 11.3 Å². The number of hydrogen-bond donors (Lipinski definition) is 2. The maximum Gasteiger partial charge on any atom is 0.347 e. The molecule has 136 valence electrons. The first-order valence-corrected chi connectivity index (χ1v) is 9.08. The van der Waals surface area contributed by atoms with Crippen LogP contribution in [0.4, 0.5) is 10.1 Å². The van der Waals surface area contributed by atoms with E-state index in [0.29, 0.717) is 22.9 Å². The minimum Gasteiger partial charge on any atom is -0.477 e. The van der Waals surface area contributed by atoms with Gasteiger partial charge < -0.3 is 15.4 Å². The molecule has 0 aliphatic rings. The molecule has 7 heteroatoms. The Labute approximate surface area is 158 Å². The number of carboxylic acid groups (broad SMARTS) is 1. The lowest BCUT2D eigenvalue weighted by Gasteiger charge is -2.06. The zero-order valence-corrected chi connectivity index (χ0v) is 15.3. The van der Waals surface area contributed by atoms with Crippen molar-refractivity contribution >= 4 is 33.9 Å². The molecule has 0 saturated heterocycles. The van der Waals surface area contributed by atoms with Gasteiger partial charge in [-0.05, 0) is 42.8 Å². The summed E-state index contributed by atoms with van der Waals surface area (Å²) in [7, 11) is 0. The molecule has 0 aliphatic carbocycles. The van der Waals surface area contributed by atoms with Crippen molar-refractivity contribution in [2.45, 2.75) is 13.5 Å². The number of carbonyl (C=O) groups is 1. The summed E-state index contributed by atoms with van der Waals surface area (Å²) in [6.45, 7) is 2.27. The number of nitrogens with two attached hydrogens (primary N) is 1. The van der Waals surface area contributed by atoms with Gasteiger partial charge in [0.05, 0.1) is 16.9 Å². The van der Waals surface area contributed by atoms with Gasteiger partial charge in [-0.15, -0.1) is 11.3 Å². The van der Waals surface area contributed by atoms with E-state index in [1.165, 1.54) is 12.1 Å². The second-order valence-corrected chi connectivity index (χ2v) is 7.31. The summed E-state index contributed by atoms with van der Waals surface area (Å²) >= 11 is 1.15. The molecule has 0 spiro atoms. The molecule has 0 unspecified atom stereocenters. The first kappa shape index (κ1) is 17.2. The molecule has 4 rings (SSSR count). The van der Waals surface area contributed by atoms with E-state index >= 15 is 0 Å². The van der Waals surface area contributed by atoms with Crippen molar-refractivity contribution in [3.8, 4) is 10.6 Å². The molecule has 0 radical (unpaired) electrons. The third-order valence-electron chi connectivity index (χ3n) is 4.42. The van der Waals surface area contributed by atoms with Crippen LogP contribution < -0.4 is 5.73 Å². The summed E-state index contributed by atoms with van der Waals surface area (Å²) < 4.78 is 15.1. The average Bonchev–Trinajstić information content (AvgIpc) is 3.17. The molecule has 0 saturated carbocycles. The summed E-state index contributed by atoms with van der Waals surface area (Å²) in [5.41, 5.74) is 10.1. The molecule has 27 heavy (non-hydrogen) atoms. The van der Waals surface area contributed by atoms with Gasteiger partial charge in [-0.2, -0.15) is 0 Å². The SMILES string of the molecule is Cc1nc(-c2ccc3c(c2)c(N)cn3Cc2ccc(F)cc2)sc1C(=O)O. The Balaban J connectivity index is 1.73. The van der Waals surface area contributed by atoms with Gasteiger partial charge in [0, 0.05) is 23.7 Å². The van der Waals surface area contributed by atoms with Crippen LogP contribution in [0.5, 0.6) is 0 Å². The van der Waals surface area contributed by atoms with E-state index in [0.717, 1.165) is 33.4 Å². The molecule has 2 heterocycles. The Bertz CT molecular complexity index is 1160. The number of nitrogens with zero attached hydrogens (tertiary/aromatic N) is 2. The highest BCUT2D eigenvalue weighted by molar-refractivity contribution is 7.17. The molecule has 4 aromatic rings. The standard InChI is InChI=1S/C20H16FN3O2S/c1-11-18(20(25)26)27-19(23-11)13-4-7-17-15(8-13)16(22)10-24(17)9-12-2-5-14(21)6-3-12/h2-8,10H,9,22H2,1H3,(H,25,26). The molecule has 0 bridgehead atoms. The predicted molar refractivity (Wildman–Crippen MR) is 105 cm³/mol. The van der Waals surface area contributed by atoms with E-state index < -0.39 is 5.97 Å². The quantitative estimate of drug-likeness (QED) is 0.544. The van der Waals surface area contributed by atoms with Gasteiger partial charge in [0.2, 0.25) is 0 Å². The Morgan fingerprint density at radius 3 is 2.67 bits per heavy atom. The first-order valence-electron chi connectivity index (χ1n) is 8.26. The molecule has 0 fully saturated rings. The fraction of sp³-hybridized carbons (Fsp3) is 0.100. The minimum absolute atomic E-state index is 0.243. The van der Waals surface area contributed by atoms with Crippen LogP contribution in [-0.2, 0) is 6.54 Å². The highest BCUT2D eigenvalue weighted by atomic mass is 32.1. The molecule has 0 aliphatic heterocycles. The van der Waals surface area contributed by atoms with E-state index in [9.17, 15) is 14.3 Å². The smallest absolute Gasteiger partial charge is 0.347 e. The molecular weight excluding hydrogens is 365 g/mol. The maximum atomic E-state index is 13.1. The van der Waals surface area contributed by atoms with E-state index in [4.69, 9.17) is 5.73 Å². The number of rotatable bonds is 4. The summed E-state index contributed by atoms with van der Waals surface area (Å²) in [5, 5.41) is 10.8. The predicted octanol–water partition coefficient (Wildman–Crippen LogP) is 4.54.